The van der Waals surface area contributed by atoms with Gasteiger partial charge in [0.1, 0.15) is 13.2 Å². The summed E-state index contributed by atoms with van der Waals surface area (Å²) in [5.41, 5.74) is 0. The third-order valence-electron chi connectivity index (χ3n) is 12.0. The number of allylic oxidation sites excluding steroid dienone is 2. The molecule has 0 saturated carbocycles. The van der Waals surface area contributed by atoms with Gasteiger partial charge in [-0.3, -0.25) is 9.59 Å². The van der Waals surface area contributed by atoms with Gasteiger partial charge in [-0.25, -0.2) is 0 Å². The van der Waals surface area contributed by atoms with Crippen LogP contribution in [0.2, 0.25) is 0 Å². The molecule has 0 aliphatic heterocycles. The maximum atomic E-state index is 12.8. The van der Waals surface area contributed by atoms with Gasteiger partial charge in [-0.1, -0.05) is 219 Å². The number of ether oxygens (including phenoxy) is 4. The van der Waals surface area contributed by atoms with Gasteiger partial charge in [0.15, 0.2) is 12.4 Å². The Morgan fingerprint density at radius 1 is 0.460 bits per heavy atom. The van der Waals surface area contributed by atoms with Crippen LogP contribution in [0, 0.1) is 0 Å². The maximum absolute atomic E-state index is 12.8. The van der Waals surface area contributed by atoms with Crippen molar-refractivity contribution in [3.8, 4) is 0 Å². The molecular formula is C54H103NO8. The first kappa shape index (κ1) is 61.0. The molecule has 0 fully saturated rings. The first-order valence-electron chi connectivity index (χ1n) is 26.8. The molecule has 0 aliphatic carbocycles. The number of carboxylic acids is 1. The van der Waals surface area contributed by atoms with Crippen molar-refractivity contribution in [2.45, 2.75) is 270 Å². The highest BCUT2D eigenvalue weighted by Crippen LogP contribution is 2.17. The molecule has 0 aromatic carbocycles. The molecule has 63 heavy (non-hydrogen) atoms. The van der Waals surface area contributed by atoms with Crippen LogP contribution in [0.4, 0.5) is 0 Å². The summed E-state index contributed by atoms with van der Waals surface area (Å²) in [6.45, 7) is 4.79. The van der Waals surface area contributed by atoms with Crippen molar-refractivity contribution in [1.29, 1.82) is 0 Å². The highest BCUT2D eigenvalue weighted by Gasteiger charge is 2.22. The average Bonchev–Trinajstić information content (AvgIpc) is 3.24. The Bertz CT molecular complexity index is 1040. The number of carboxylic acid groups (broad SMARTS) is 1. The van der Waals surface area contributed by atoms with Crippen molar-refractivity contribution in [2.24, 2.45) is 0 Å². The Labute approximate surface area is 389 Å². The lowest BCUT2D eigenvalue weighted by Crippen LogP contribution is -2.44. The molecular weight excluding hydrogens is 791 g/mol. The number of esters is 2. The molecule has 2 unspecified atom stereocenters. The van der Waals surface area contributed by atoms with Gasteiger partial charge >= 0.3 is 11.9 Å². The summed E-state index contributed by atoms with van der Waals surface area (Å²) in [6, 6.07) is 0. The van der Waals surface area contributed by atoms with E-state index in [1.165, 1.54) is 186 Å². The number of nitrogens with zero attached hydrogens (tertiary/aromatic N) is 1. The number of rotatable bonds is 50. The smallest absolute Gasteiger partial charge is 0.306 e. The van der Waals surface area contributed by atoms with Crippen molar-refractivity contribution in [3.63, 3.8) is 0 Å². The largest absolute Gasteiger partial charge is 0.545 e. The number of aliphatic carboxylic acids is 1. The van der Waals surface area contributed by atoms with Crippen LogP contribution < -0.4 is 5.11 Å². The first-order chi connectivity index (χ1) is 30.6. The zero-order valence-electron chi connectivity index (χ0n) is 42.2. The van der Waals surface area contributed by atoms with Crippen LogP contribution >= 0.6 is 0 Å². The van der Waals surface area contributed by atoms with Crippen LogP contribution in [0.15, 0.2) is 12.2 Å². The van der Waals surface area contributed by atoms with Gasteiger partial charge in [0.2, 0.25) is 0 Å². The van der Waals surface area contributed by atoms with Crippen molar-refractivity contribution in [3.05, 3.63) is 12.2 Å². The molecule has 0 bridgehead atoms. The minimum absolute atomic E-state index is 0.151. The van der Waals surface area contributed by atoms with E-state index in [0.29, 0.717) is 23.9 Å². The summed E-state index contributed by atoms with van der Waals surface area (Å²) < 4.78 is 22.7. The molecule has 0 rings (SSSR count). The highest BCUT2D eigenvalue weighted by atomic mass is 16.7. The average molecular weight is 894 g/mol. The van der Waals surface area contributed by atoms with Crippen molar-refractivity contribution >= 4 is 17.9 Å². The normalized spacial score (nSPS) is 12.8. The molecule has 0 spiro atoms. The van der Waals surface area contributed by atoms with E-state index >= 15 is 0 Å². The predicted octanol–water partition coefficient (Wildman–Crippen LogP) is 13.7. The van der Waals surface area contributed by atoms with Crippen LogP contribution in [-0.4, -0.2) is 82.3 Å². The van der Waals surface area contributed by atoms with E-state index in [-0.39, 0.29) is 32.2 Å². The summed E-state index contributed by atoms with van der Waals surface area (Å²) in [4.78, 5) is 37.2. The highest BCUT2D eigenvalue weighted by molar-refractivity contribution is 5.70. The van der Waals surface area contributed by atoms with Gasteiger partial charge in [-0.15, -0.1) is 0 Å². The molecule has 0 aromatic heterocycles. The third-order valence-corrected chi connectivity index (χ3v) is 12.0. The Kier molecular flexibility index (Phi) is 45.1. The maximum Gasteiger partial charge on any atom is 0.306 e. The Morgan fingerprint density at radius 3 is 1.17 bits per heavy atom. The number of hydrogen-bond acceptors (Lipinski definition) is 8. The molecule has 0 amide bonds. The van der Waals surface area contributed by atoms with Crippen molar-refractivity contribution in [2.75, 3.05) is 47.5 Å². The van der Waals surface area contributed by atoms with E-state index in [2.05, 4.69) is 26.0 Å². The van der Waals surface area contributed by atoms with E-state index in [1.807, 2.05) is 21.1 Å². The second-order valence-corrected chi connectivity index (χ2v) is 19.5. The SMILES string of the molecule is CCCCCCCC/C=C\CCCCCCCCCCCC(=O)OC(COC(=O)CCCCCCCCCCCCCCCCCCCCC)COC(OCC[N+](C)(C)C)C(=O)[O-]. The summed E-state index contributed by atoms with van der Waals surface area (Å²) in [5.74, 6) is -2.27. The number of quaternary nitrogens is 1. The zero-order valence-corrected chi connectivity index (χ0v) is 42.2. The molecule has 0 radical (unpaired) electrons. The second-order valence-electron chi connectivity index (χ2n) is 19.5. The van der Waals surface area contributed by atoms with Crippen LogP contribution in [0.3, 0.4) is 0 Å². The minimum atomic E-state index is -1.62. The summed E-state index contributed by atoms with van der Waals surface area (Å²) in [5, 5.41) is 11.7. The topological polar surface area (TPSA) is 111 Å². The van der Waals surface area contributed by atoms with Gasteiger partial charge in [-0.2, -0.15) is 0 Å². The molecule has 0 aliphatic rings. The van der Waals surface area contributed by atoms with Crippen molar-refractivity contribution < 1.29 is 42.9 Å². The quantitative estimate of drug-likeness (QED) is 0.0195. The predicted molar refractivity (Wildman–Crippen MR) is 260 cm³/mol. The lowest BCUT2D eigenvalue weighted by molar-refractivity contribution is -0.870. The van der Waals surface area contributed by atoms with Crippen LogP contribution in [0.25, 0.3) is 0 Å². The number of likely N-dealkylation sites (N-methyl/N-ethyl adjacent to an activating group) is 1. The van der Waals surface area contributed by atoms with Crippen LogP contribution in [0.5, 0.6) is 0 Å². The number of carbonyl (C=O) groups excluding carboxylic acids is 3. The van der Waals surface area contributed by atoms with E-state index < -0.39 is 24.3 Å². The van der Waals surface area contributed by atoms with Gasteiger partial charge in [-0.05, 0) is 38.5 Å². The fraction of sp³-hybridized carbons (Fsp3) is 0.907. The van der Waals surface area contributed by atoms with Gasteiger partial charge < -0.3 is 33.3 Å². The standard InChI is InChI=1S/C54H103NO8/c1-6-8-10-12-14-16-18-20-22-24-26-28-30-32-34-36-38-40-42-44-51(56)61-48-50(49-62-54(53(58)59)60-47-46-55(3,4)5)63-52(57)45-43-41-39-37-35-33-31-29-27-25-23-21-19-17-15-13-11-9-7-2/h21,23,50,54H,6-20,22,24-49H2,1-5H3/b23-21-. The van der Waals surface area contributed by atoms with Crippen molar-refractivity contribution in [1.82, 2.24) is 0 Å². The van der Waals surface area contributed by atoms with Gasteiger partial charge in [0, 0.05) is 12.8 Å². The van der Waals surface area contributed by atoms with E-state index in [0.717, 1.165) is 38.5 Å². The number of unbranched alkanes of at least 4 members (excludes halogenated alkanes) is 33. The van der Waals surface area contributed by atoms with E-state index in [4.69, 9.17) is 18.9 Å². The Hall–Kier alpha value is -1.97. The second kappa shape index (κ2) is 46.6. The number of carbonyl (C=O) groups is 3. The molecule has 9 heteroatoms. The monoisotopic (exact) mass is 894 g/mol. The number of hydrogen-bond donors (Lipinski definition) is 0. The molecule has 0 N–H and O–H groups in total. The molecule has 2 atom stereocenters. The lowest BCUT2D eigenvalue weighted by atomic mass is 10.0. The first-order valence-corrected chi connectivity index (χ1v) is 26.8. The lowest BCUT2D eigenvalue weighted by Gasteiger charge is -2.26. The Balaban J connectivity index is 4.28. The van der Waals surface area contributed by atoms with Gasteiger partial charge in [0.05, 0.1) is 40.3 Å². The van der Waals surface area contributed by atoms with E-state index in [9.17, 15) is 19.5 Å². The fourth-order valence-electron chi connectivity index (χ4n) is 7.83. The molecule has 0 aromatic rings. The fourth-order valence-corrected chi connectivity index (χ4v) is 7.83. The summed E-state index contributed by atoms with van der Waals surface area (Å²) >= 11 is 0. The molecule has 9 nitrogen and oxygen atoms in total. The summed E-state index contributed by atoms with van der Waals surface area (Å²) in [6.07, 6.45) is 48.1. The minimum Gasteiger partial charge on any atom is -0.545 e. The van der Waals surface area contributed by atoms with Crippen LogP contribution in [-0.2, 0) is 33.3 Å². The van der Waals surface area contributed by atoms with Gasteiger partial charge in [0.25, 0.3) is 0 Å². The zero-order chi connectivity index (χ0) is 46.3. The molecule has 372 valence electrons. The van der Waals surface area contributed by atoms with Crippen LogP contribution in [0.1, 0.15) is 258 Å². The third kappa shape index (κ3) is 47.8. The summed E-state index contributed by atoms with van der Waals surface area (Å²) in [7, 11) is 5.93. The Morgan fingerprint density at radius 2 is 0.810 bits per heavy atom. The molecule has 0 heterocycles. The van der Waals surface area contributed by atoms with E-state index in [1.54, 1.807) is 0 Å². The molecule has 0 saturated heterocycles.